The number of ether oxygens (including phenoxy) is 2. The Morgan fingerprint density at radius 3 is 1.74 bits per heavy atom. The highest BCUT2D eigenvalue weighted by Crippen LogP contribution is 2.45. The first-order chi connectivity index (χ1) is 15.8. The number of hydrogen-bond acceptors (Lipinski definition) is 5. The highest BCUT2D eigenvalue weighted by molar-refractivity contribution is 6.84. The monoisotopic (exact) mass is 499 g/mol. The zero-order chi connectivity index (χ0) is 26.9. The zero-order valence-electron chi connectivity index (χ0n) is 23.1. The van der Waals surface area contributed by atoms with Crippen LogP contribution < -0.4 is 0 Å². The van der Waals surface area contributed by atoms with E-state index in [4.69, 9.17) is 9.47 Å². The summed E-state index contributed by atoms with van der Waals surface area (Å²) in [4.78, 5) is 42.7. The minimum atomic E-state index is -2.23. The van der Waals surface area contributed by atoms with E-state index >= 15 is 0 Å². The Labute approximate surface area is 211 Å². The molecular formula is C28H41NO5Si. The van der Waals surface area contributed by atoms with Gasteiger partial charge in [0, 0.05) is 20.0 Å². The van der Waals surface area contributed by atoms with E-state index in [1.807, 2.05) is 36.4 Å². The van der Waals surface area contributed by atoms with Gasteiger partial charge in [-0.3, -0.25) is 4.79 Å². The summed E-state index contributed by atoms with van der Waals surface area (Å²) in [6.45, 7) is 17.0. The Kier molecular flexibility index (Phi) is 8.27. The molecule has 0 unspecified atom stereocenters. The first kappa shape index (κ1) is 28.6. The fourth-order valence-corrected chi connectivity index (χ4v) is 5.79. The number of hydrogen-bond donors (Lipinski definition) is 0. The highest BCUT2D eigenvalue weighted by Gasteiger charge is 2.46. The van der Waals surface area contributed by atoms with Gasteiger partial charge in [-0.1, -0.05) is 56.0 Å². The van der Waals surface area contributed by atoms with Crippen LogP contribution in [0.2, 0.25) is 19.6 Å². The third-order valence-corrected chi connectivity index (χ3v) is 7.50. The number of carbonyl (C=O) groups is 3. The molecule has 0 N–H and O–H groups in total. The fraction of sp³-hybridized carbons (Fsp3) is 0.536. The third kappa shape index (κ3) is 7.16. The van der Waals surface area contributed by atoms with Gasteiger partial charge in [0.25, 0.3) is 0 Å². The van der Waals surface area contributed by atoms with Gasteiger partial charge >= 0.3 is 11.9 Å². The van der Waals surface area contributed by atoms with Crippen molar-refractivity contribution in [3.05, 3.63) is 58.3 Å². The van der Waals surface area contributed by atoms with Crippen molar-refractivity contribution in [3.8, 4) is 0 Å². The maximum absolute atomic E-state index is 13.9. The molecule has 1 aromatic rings. The largest absolute Gasteiger partial charge is 0.457 e. The molecule has 0 bridgehead atoms. The maximum Gasteiger partial charge on any atom is 0.339 e. The van der Waals surface area contributed by atoms with Crippen molar-refractivity contribution in [3.63, 3.8) is 0 Å². The van der Waals surface area contributed by atoms with Crippen LogP contribution in [0.3, 0.4) is 0 Å². The third-order valence-electron chi connectivity index (χ3n) is 5.47. The van der Waals surface area contributed by atoms with Crippen LogP contribution in [0.4, 0.5) is 0 Å². The van der Waals surface area contributed by atoms with E-state index in [0.29, 0.717) is 0 Å². The Bertz CT molecular complexity index is 1030. The number of nitrogens with zero attached hydrogens (tertiary/aromatic N) is 1. The second kappa shape index (κ2) is 10.1. The van der Waals surface area contributed by atoms with E-state index in [1.54, 1.807) is 55.6 Å². The molecule has 0 aliphatic heterocycles. The van der Waals surface area contributed by atoms with Crippen molar-refractivity contribution in [2.24, 2.45) is 5.92 Å². The predicted octanol–water partition coefficient (Wildman–Crippen LogP) is 5.27. The van der Waals surface area contributed by atoms with E-state index < -0.39 is 43.1 Å². The van der Waals surface area contributed by atoms with Crippen LogP contribution >= 0.6 is 0 Å². The lowest BCUT2D eigenvalue weighted by atomic mass is 9.74. The van der Waals surface area contributed by atoms with Gasteiger partial charge in [-0.05, 0) is 52.3 Å². The van der Waals surface area contributed by atoms with Gasteiger partial charge in [0.15, 0.2) is 0 Å². The maximum atomic E-state index is 13.9. The summed E-state index contributed by atoms with van der Waals surface area (Å²) < 4.78 is 11.7. The topological polar surface area (TPSA) is 72.9 Å². The minimum absolute atomic E-state index is 0.140. The summed E-state index contributed by atoms with van der Waals surface area (Å²) in [5.74, 6) is -2.67. The molecule has 1 aromatic carbocycles. The predicted molar refractivity (Wildman–Crippen MR) is 142 cm³/mol. The average Bonchev–Trinajstić information content (AvgIpc) is 2.68. The molecule has 6 nitrogen and oxygen atoms in total. The van der Waals surface area contributed by atoms with Gasteiger partial charge < -0.3 is 14.4 Å². The normalized spacial score (nSPS) is 19.1. The molecule has 1 amide bonds. The molecule has 2 rings (SSSR count). The highest BCUT2D eigenvalue weighted by atomic mass is 28.3. The van der Waals surface area contributed by atoms with Gasteiger partial charge in [-0.15, -0.1) is 0 Å². The van der Waals surface area contributed by atoms with E-state index in [1.165, 1.54) is 4.90 Å². The van der Waals surface area contributed by atoms with Crippen LogP contribution in [0.25, 0.3) is 0 Å². The summed E-state index contributed by atoms with van der Waals surface area (Å²) in [7, 11) is 1.17. The number of carbonyl (C=O) groups excluding carboxylic acids is 3. The lowest BCUT2D eigenvalue weighted by Gasteiger charge is -2.38. The van der Waals surface area contributed by atoms with Crippen molar-refractivity contribution >= 4 is 25.9 Å². The van der Waals surface area contributed by atoms with Gasteiger partial charge in [-0.2, -0.15) is 0 Å². The van der Waals surface area contributed by atoms with Gasteiger partial charge in [0.2, 0.25) is 5.91 Å². The van der Waals surface area contributed by atoms with Crippen LogP contribution in [-0.4, -0.2) is 56.1 Å². The number of amides is 1. The van der Waals surface area contributed by atoms with Crippen LogP contribution in [0, 0.1) is 5.92 Å². The average molecular weight is 500 g/mol. The Morgan fingerprint density at radius 2 is 1.31 bits per heavy atom. The Hall–Kier alpha value is -2.67. The molecule has 2 atom stereocenters. The van der Waals surface area contributed by atoms with Crippen LogP contribution in [0.1, 0.15) is 53.0 Å². The molecule has 0 heterocycles. The van der Waals surface area contributed by atoms with Crippen molar-refractivity contribution in [1.29, 1.82) is 0 Å². The Balaban J connectivity index is 2.99. The molecule has 0 saturated heterocycles. The SMILES string of the molecule is CN(C)C(=O)[C@H]1C=C([Si](C)(C)C)C(C(=O)OC(C)(C)C)=C(C(=O)OC(C)(C)C)[C@@H]1c1ccccc1. The van der Waals surface area contributed by atoms with Crippen molar-refractivity contribution in [2.45, 2.75) is 78.3 Å². The molecule has 1 aliphatic carbocycles. The van der Waals surface area contributed by atoms with Crippen LogP contribution in [0.5, 0.6) is 0 Å². The van der Waals surface area contributed by atoms with Crippen LogP contribution in [-0.2, 0) is 23.9 Å². The van der Waals surface area contributed by atoms with Crippen molar-refractivity contribution in [2.75, 3.05) is 14.1 Å². The quantitative estimate of drug-likeness (QED) is 0.407. The standard InChI is InChI=1S/C28H41NO5Si/c1-27(2,3)33-25(31)22-20(35(9,10)11)17-19(24(30)29(7)8)21(18-15-13-12-14-16-18)23(22)26(32)34-28(4,5)6/h12-17,19,21H,1-11H3/t19-,21+/m0/s1. The first-order valence-electron chi connectivity index (χ1n) is 12.0. The summed E-state index contributed by atoms with van der Waals surface area (Å²) >= 11 is 0. The molecule has 0 spiro atoms. The van der Waals surface area contributed by atoms with Crippen molar-refractivity contribution < 1.29 is 23.9 Å². The van der Waals surface area contributed by atoms with Crippen LogP contribution in [0.15, 0.2) is 52.8 Å². The van der Waals surface area contributed by atoms with Gasteiger partial charge in [0.1, 0.15) is 11.2 Å². The molecule has 7 heteroatoms. The molecular weight excluding hydrogens is 458 g/mol. The van der Waals surface area contributed by atoms with Crippen molar-refractivity contribution in [1.82, 2.24) is 4.90 Å². The van der Waals surface area contributed by atoms with E-state index in [0.717, 1.165) is 10.8 Å². The van der Waals surface area contributed by atoms with E-state index in [9.17, 15) is 14.4 Å². The lowest BCUT2D eigenvalue weighted by molar-refractivity contribution is -0.154. The number of esters is 2. The second-order valence-electron chi connectivity index (χ2n) is 12.3. The zero-order valence-corrected chi connectivity index (χ0v) is 24.1. The molecule has 1 aliphatic rings. The molecule has 0 aromatic heterocycles. The smallest absolute Gasteiger partial charge is 0.339 e. The summed E-state index contributed by atoms with van der Waals surface area (Å²) in [6, 6.07) is 9.37. The minimum Gasteiger partial charge on any atom is -0.457 e. The molecule has 35 heavy (non-hydrogen) atoms. The second-order valence-corrected chi connectivity index (χ2v) is 17.3. The van der Waals surface area contributed by atoms with Gasteiger partial charge in [-0.25, -0.2) is 9.59 Å². The van der Waals surface area contributed by atoms with E-state index in [-0.39, 0.29) is 17.1 Å². The summed E-state index contributed by atoms with van der Waals surface area (Å²) in [6.07, 6.45) is 1.90. The molecule has 0 fully saturated rings. The molecule has 0 saturated carbocycles. The number of benzene rings is 1. The first-order valence-corrected chi connectivity index (χ1v) is 15.5. The molecule has 0 radical (unpaired) electrons. The summed E-state index contributed by atoms with van der Waals surface area (Å²) in [5, 5.41) is 0.736. The lowest BCUT2D eigenvalue weighted by Crippen LogP contribution is -2.43. The fourth-order valence-electron chi connectivity index (χ4n) is 4.12. The molecule has 192 valence electrons. The Morgan fingerprint density at radius 1 is 0.829 bits per heavy atom. The van der Waals surface area contributed by atoms with E-state index in [2.05, 4.69) is 19.6 Å². The van der Waals surface area contributed by atoms with Gasteiger partial charge in [0.05, 0.1) is 25.1 Å². The summed E-state index contributed by atoms with van der Waals surface area (Å²) in [5.41, 5.74) is -0.344. The number of rotatable bonds is 5.